The van der Waals surface area contributed by atoms with Crippen molar-refractivity contribution in [2.75, 3.05) is 16.5 Å². The lowest BCUT2D eigenvalue weighted by atomic mass is 9.74. The van der Waals surface area contributed by atoms with Crippen molar-refractivity contribution >= 4 is 44.6 Å². The number of hydrogen-bond acceptors (Lipinski definition) is 4. The number of para-hydroxylation sites is 1. The molecule has 0 N–H and O–H groups in total. The first-order chi connectivity index (χ1) is 29.8. The van der Waals surface area contributed by atoms with Crippen LogP contribution >= 0.6 is 0 Å². The van der Waals surface area contributed by atoms with Crippen LogP contribution in [0.3, 0.4) is 0 Å². The molecule has 2 aromatic heterocycles. The number of rotatable bonds is 6. The fraction of sp³-hybridized carbons (Fsp3) is 0.293. The zero-order valence-electron chi connectivity index (χ0n) is 39.3. The second kappa shape index (κ2) is 15.2. The Labute approximate surface area is 375 Å². The minimum absolute atomic E-state index is 0.00748. The lowest BCUT2D eigenvalue weighted by Gasteiger charge is -2.32. The minimum atomic E-state index is -0.0618. The molecule has 0 saturated carbocycles. The highest BCUT2D eigenvalue weighted by molar-refractivity contribution is 6.09. The first-order valence-electron chi connectivity index (χ1n) is 22.5. The largest absolute Gasteiger partial charge is 0.457 e. The van der Waals surface area contributed by atoms with Crippen molar-refractivity contribution in [2.24, 2.45) is 0 Å². The van der Waals surface area contributed by atoms with Gasteiger partial charge in [0.2, 0.25) is 0 Å². The summed E-state index contributed by atoms with van der Waals surface area (Å²) in [4.78, 5) is 9.91. The van der Waals surface area contributed by atoms with Gasteiger partial charge in [-0.15, -0.1) is 0 Å². The van der Waals surface area contributed by atoms with Gasteiger partial charge in [-0.1, -0.05) is 150 Å². The smallest absolute Gasteiger partial charge is 0.137 e. The molecule has 0 aliphatic carbocycles. The predicted molar refractivity (Wildman–Crippen MR) is 267 cm³/mol. The average Bonchev–Trinajstić information content (AvgIpc) is 3.78. The number of hydrogen-bond donors (Lipinski definition) is 0. The molecule has 8 aromatic rings. The van der Waals surface area contributed by atoms with Crippen molar-refractivity contribution in [3.8, 4) is 28.4 Å². The Balaban J connectivity index is 1.16. The van der Waals surface area contributed by atoms with E-state index in [0.29, 0.717) is 6.67 Å². The molecule has 6 aromatic carbocycles. The summed E-state index contributed by atoms with van der Waals surface area (Å²) in [5.41, 5.74) is 14.4. The molecule has 5 heteroatoms. The molecule has 0 spiro atoms. The number of fused-ring (bicyclic) bond motifs is 4. The van der Waals surface area contributed by atoms with Gasteiger partial charge in [0, 0.05) is 40.4 Å². The van der Waals surface area contributed by atoms with Gasteiger partial charge in [0.05, 0.1) is 28.1 Å². The van der Waals surface area contributed by atoms with Crippen molar-refractivity contribution in [2.45, 2.75) is 105 Å². The molecular formula is C58H62N4O. The molecule has 63 heavy (non-hydrogen) atoms. The maximum atomic E-state index is 6.85. The molecule has 5 nitrogen and oxygen atoms in total. The molecule has 3 heterocycles. The normalized spacial score (nSPS) is 13.6. The number of pyridine rings is 1. The first kappa shape index (κ1) is 42.0. The predicted octanol–water partition coefficient (Wildman–Crippen LogP) is 16.1. The first-order valence-corrected chi connectivity index (χ1v) is 22.5. The lowest BCUT2D eigenvalue weighted by molar-refractivity contribution is 0.483. The number of benzene rings is 6. The lowest BCUT2D eigenvalue weighted by Crippen LogP contribution is -2.25. The van der Waals surface area contributed by atoms with E-state index in [2.05, 4.69) is 237 Å². The van der Waals surface area contributed by atoms with E-state index in [1.165, 1.54) is 55.8 Å². The molecule has 0 bridgehead atoms. The SMILES string of the molecule is CC(C)(C)c1ccnc(-n2c3ccccc3c3ccc(Oc4cccc(N5CN(c6cc(C(C)(C)C)ccc6-c6ccccc6)c6cc(C(C)(C)C)c(C(C)(C)C)cc65)c4)cc32)c1. The Morgan fingerprint density at radius 3 is 1.76 bits per heavy atom. The Bertz CT molecular complexity index is 3000. The molecule has 1 aliphatic rings. The maximum Gasteiger partial charge on any atom is 0.137 e. The van der Waals surface area contributed by atoms with Crippen molar-refractivity contribution in [3.63, 3.8) is 0 Å². The van der Waals surface area contributed by atoms with E-state index in [0.717, 1.165) is 39.4 Å². The van der Waals surface area contributed by atoms with E-state index in [4.69, 9.17) is 9.72 Å². The zero-order chi connectivity index (χ0) is 44.6. The van der Waals surface area contributed by atoms with Gasteiger partial charge < -0.3 is 14.5 Å². The molecule has 0 saturated heterocycles. The van der Waals surface area contributed by atoms with Gasteiger partial charge in [-0.25, -0.2) is 4.98 Å². The van der Waals surface area contributed by atoms with E-state index >= 15 is 0 Å². The van der Waals surface area contributed by atoms with Crippen LogP contribution in [0.1, 0.15) is 105 Å². The van der Waals surface area contributed by atoms with E-state index in [1.54, 1.807) is 0 Å². The minimum Gasteiger partial charge on any atom is -0.457 e. The number of aromatic nitrogens is 2. The molecule has 1 aliphatic heterocycles. The molecule has 320 valence electrons. The molecule has 0 fully saturated rings. The van der Waals surface area contributed by atoms with Gasteiger partial charge in [0.1, 0.15) is 24.0 Å². The standard InChI is InChI=1S/C58H62N4O/c1-55(2,3)39-25-27-44(38-19-14-13-15-20-38)50(31-39)61-37-60(52-35-47(57(7,8)9)48(36-53(52)61)58(10,11)12)41-21-18-22-42(33-41)63-43-26-28-46-45-23-16-17-24-49(45)62(51(46)34-43)54-32-40(29-30-59-54)56(4,5)6/h13-36H,37H2,1-12H3. The van der Waals surface area contributed by atoms with Crippen LogP contribution in [0.25, 0.3) is 38.8 Å². The van der Waals surface area contributed by atoms with Crippen molar-refractivity contribution in [1.29, 1.82) is 0 Å². The van der Waals surface area contributed by atoms with Gasteiger partial charge in [-0.05, 0) is 110 Å². The third kappa shape index (κ3) is 7.88. The van der Waals surface area contributed by atoms with Gasteiger partial charge in [-0.3, -0.25) is 4.57 Å². The Kier molecular flexibility index (Phi) is 10.1. The van der Waals surface area contributed by atoms with Crippen molar-refractivity contribution in [1.82, 2.24) is 9.55 Å². The van der Waals surface area contributed by atoms with Crippen LogP contribution in [0.4, 0.5) is 22.7 Å². The average molecular weight is 831 g/mol. The summed E-state index contributed by atoms with van der Waals surface area (Å²) >= 11 is 0. The monoisotopic (exact) mass is 830 g/mol. The Morgan fingerprint density at radius 1 is 0.460 bits per heavy atom. The van der Waals surface area contributed by atoms with Crippen LogP contribution in [0.2, 0.25) is 0 Å². The van der Waals surface area contributed by atoms with E-state index in [-0.39, 0.29) is 21.7 Å². The summed E-state index contributed by atoms with van der Waals surface area (Å²) in [5, 5.41) is 2.35. The molecule has 0 amide bonds. The van der Waals surface area contributed by atoms with Crippen LogP contribution in [-0.4, -0.2) is 16.2 Å². The van der Waals surface area contributed by atoms with Gasteiger partial charge in [0.25, 0.3) is 0 Å². The maximum absolute atomic E-state index is 6.85. The highest BCUT2D eigenvalue weighted by Gasteiger charge is 2.36. The molecule has 0 atom stereocenters. The van der Waals surface area contributed by atoms with Crippen molar-refractivity contribution in [3.05, 3.63) is 168 Å². The van der Waals surface area contributed by atoms with Crippen LogP contribution in [0.5, 0.6) is 11.5 Å². The summed E-state index contributed by atoms with van der Waals surface area (Å²) in [6, 6.07) is 50.8. The third-order valence-electron chi connectivity index (χ3n) is 12.7. The second-order valence-electron chi connectivity index (χ2n) is 21.5. The van der Waals surface area contributed by atoms with Gasteiger partial charge >= 0.3 is 0 Å². The fourth-order valence-corrected chi connectivity index (χ4v) is 9.17. The van der Waals surface area contributed by atoms with E-state index in [9.17, 15) is 0 Å². The van der Waals surface area contributed by atoms with Crippen LogP contribution < -0.4 is 14.5 Å². The third-order valence-corrected chi connectivity index (χ3v) is 12.7. The molecule has 0 radical (unpaired) electrons. The Hall–Kier alpha value is -6.33. The second-order valence-corrected chi connectivity index (χ2v) is 21.5. The van der Waals surface area contributed by atoms with Crippen LogP contribution in [0.15, 0.2) is 146 Å². The van der Waals surface area contributed by atoms with Gasteiger partial charge in [-0.2, -0.15) is 0 Å². The molecular weight excluding hydrogens is 769 g/mol. The molecule has 9 rings (SSSR count). The van der Waals surface area contributed by atoms with Crippen LogP contribution in [-0.2, 0) is 21.7 Å². The summed E-state index contributed by atoms with van der Waals surface area (Å²) in [6.07, 6.45) is 1.93. The molecule has 0 unspecified atom stereocenters. The summed E-state index contributed by atoms with van der Waals surface area (Å²) in [6.45, 7) is 28.3. The highest BCUT2D eigenvalue weighted by atomic mass is 16.5. The number of nitrogens with zero attached hydrogens (tertiary/aromatic N) is 4. The van der Waals surface area contributed by atoms with E-state index < -0.39 is 0 Å². The number of ether oxygens (including phenoxy) is 1. The Morgan fingerprint density at radius 2 is 1.08 bits per heavy atom. The van der Waals surface area contributed by atoms with Crippen molar-refractivity contribution < 1.29 is 4.74 Å². The number of anilines is 4. The van der Waals surface area contributed by atoms with Gasteiger partial charge in [0.15, 0.2) is 0 Å². The van der Waals surface area contributed by atoms with Crippen LogP contribution in [0, 0.1) is 0 Å². The quantitative estimate of drug-likeness (QED) is 0.167. The zero-order valence-corrected chi connectivity index (χ0v) is 39.3. The summed E-state index contributed by atoms with van der Waals surface area (Å²) in [7, 11) is 0. The van der Waals surface area contributed by atoms with E-state index in [1.807, 2.05) is 6.20 Å². The fourth-order valence-electron chi connectivity index (χ4n) is 9.17. The summed E-state index contributed by atoms with van der Waals surface area (Å²) < 4.78 is 9.12. The highest BCUT2D eigenvalue weighted by Crippen LogP contribution is 2.52. The topological polar surface area (TPSA) is 33.5 Å². The summed E-state index contributed by atoms with van der Waals surface area (Å²) in [5.74, 6) is 2.46.